The molecule has 0 atom stereocenters. The Balaban J connectivity index is 2.68. The van der Waals surface area contributed by atoms with Gasteiger partial charge < -0.3 is 42.5 Å². The van der Waals surface area contributed by atoms with Crippen molar-refractivity contribution in [1.82, 2.24) is 16.0 Å². The van der Waals surface area contributed by atoms with Crippen molar-refractivity contribution in [3.8, 4) is 0 Å². The Labute approximate surface area is 305 Å². The maximum Gasteiger partial charge on any atom is 0.407 e. The van der Waals surface area contributed by atoms with E-state index in [9.17, 15) is 14.4 Å². The van der Waals surface area contributed by atoms with Gasteiger partial charge in [-0.1, -0.05) is 0 Å². The third-order valence-corrected chi connectivity index (χ3v) is 24.0. The molecule has 1 rings (SSSR count). The molecule has 3 N–H and O–H groups in total. The topological polar surface area (TPSA) is 143 Å². The molecular weight excluding hydrogens is 727 g/mol. The molecule has 0 aromatic rings. The Bertz CT molecular complexity index is 882. The molecule has 1 aliphatic heterocycles. The number of ether oxygens (including phenoxy) is 3. The van der Waals surface area contributed by atoms with Gasteiger partial charge in [0.05, 0.1) is 0 Å². The highest BCUT2D eigenvalue weighted by molar-refractivity contribution is 7.99. The smallest absolute Gasteiger partial charge is 0.407 e. The van der Waals surface area contributed by atoms with Gasteiger partial charge in [-0.05, 0) is 117 Å². The molecule has 48 heavy (non-hydrogen) atoms. The van der Waals surface area contributed by atoms with Crippen molar-refractivity contribution in [3.63, 3.8) is 0 Å². The fraction of sp³-hybridized carbons (Fsp3) is 0.900. The number of thioether (sulfide) groups is 3. The predicted octanol–water partition coefficient (Wildman–Crippen LogP) is 7.04. The number of amides is 3. The number of alkyl carbamates (subject to hydrolysis) is 3. The van der Waals surface area contributed by atoms with Crippen molar-refractivity contribution in [3.05, 3.63) is 0 Å². The second-order valence-corrected chi connectivity index (χ2v) is 29.5. The molecule has 0 aliphatic carbocycles. The van der Waals surface area contributed by atoms with Crippen LogP contribution in [0.5, 0.6) is 0 Å². The molecule has 1 heterocycles. The second kappa shape index (κ2) is 20.4. The number of carbonyl (C=O) groups is 3. The number of hydrogen-bond donors (Lipinski definition) is 3. The number of hydrogen-bond acceptors (Lipinski definition) is 12. The largest absolute Gasteiger partial charge is 0.444 e. The normalized spacial score (nSPS) is 23.2. The Morgan fingerprint density at radius 1 is 0.479 bits per heavy atom. The number of rotatable bonds is 18. The fourth-order valence-electron chi connectivity index (χ4n) is 4.44. The molecule has 282 valence electrons. The molecule has 1 fully saturated rings. The lowest BCUT2D eigenvalue weighted by Crippen LogP contribution is -2.67. The van der Waals surface area contributed by atoms with Crippen molar-refractivity contribution in [1.29, 1.82) is 0 Å². The number of nitrogens with one attached hydrogen (secondary N) is 3. The van der Waals surface area contributed by atoms with Crippen LogP contribution in [0.2, 0.25) is 37.8 Å². The van der Waals surface area contributed by atoms with Crippen molar-refractivity contribution < 1.29 is 40.9 Å². The van der Waals surface area contributed by atoms with Crippen LogP contribution in [0.1, 0.15) is 62.3 Å². The molecular formula is C30H63N3O9S3Si3. The summed E-state index contributed by atoms with van der Waals surface area (Å²) in [7, 11) is -7.64. The Morgan fingerprint density at radius 3 is 0.917 bits per heavy atom. The maximum absolute atomic E-state index is 11.9. The van der Waals surface area contributed by atoms with E-state index >= 15 is 0 Å². The summed E-state index contributed by atoms with van der Waals surface area (Å²) in [5.41, 5.74) is -1.56. The van der Waals surface area contributed by atoms with E-state index < -0.39 is 60.8 Å². The van der Waals surface area contributed by atoms with E-state index in [2.05, 4.69) is 35.6 Å². The average Bonchev–Trinajstić information content (AvgIpc) is 2.86. The van der Waals surface area contributed by atoms with Gasteiger partial charge in [0.1, 0.15) is 16.8 Å². The molecule has 0 spiro atoms. The van der Waals surface area contributed by atoms with Crippen molar-refractivity contribution >= 4 is 79.2 Å². The summed E-state index contributed by atoms with van der Waals surface area (Å²) >= 11 is 5.30. The lowest BCUT2D eigenvalue weighted by molar-refractivity contribution is 0.0519. The molecule has 0 bridgehead atoms. The molecule has 0 unspecified atom stereocenters. The highest BCUT2D eigenvalue weighted by atomic mass is 32.2. The van der Waals surface area contributed by atoms with Crippen molar-refractivity contribution in [2.24, 2.45) is 0 Å². The molecule has 0 saturated carbocycles. The van der Waals surface area contributed by atoms with Gasteiger partial charge >= 0.3 is 44.0 Å². The first-order chi connectivity index (χ1) is 21.9. The van der Waals surface area contributed by atoms with Gasteiger partial charge in [-0.3, -0.25) is 0 Å². The molecule has 1 saturated heterocycles. The van der Waals surface area contributed by atoms with Gasteiger partial charge in [-0.25, -0.2) is 14.4 Å². The third-order valence-electron chi connectivity index (χ3n) is 6.14. The zero-order chi connectivity index (χ0) is 36.7. The van der Waals surface area contributed by atoms with Gasteiger partial charge in [0.15, 0.2) is 0 Å². The van der Waals surface area contributed by atoms with Crippen LogP contribution in [0.25, 0.3) is 0 Å². The van der Waals surface area contributed by atoms with E-state index in [0.29, 0.717) is 19.6 Å². The van der Waals surface area contributed by atoms with Crippen LogP contribution in [0, 0.1) is 0 Å². The summed E-state index contributed by atoms with van der Waals surface area (Å²) in [6, 6.07) is 2.50. The van der Waals surface area contributed by atoms with Crippen LogP contribution in [-0.2, 0) is 26.6 Å². The highest BCUT2D eigenvalue weighted by Gasteiger charge is 2.55. The predicted molar refractivity (Wildman–Crippen MR) is 207 cm³/mol. The second-order valence-electron chi connectivity index (χ2n) is 15.1. The maximum atomic E-state index is 11.9. The van der Waals surface area contributed by atoms with E-state index in [4.69, 9.17) is 26.6 Å². The minimum atomic E-state index is -2.55. The highest BCUT2D eigenvalue weighted by Crippen LogP contribution is 2.38. The summed E-state index contributed by atoms with van der Waals surface area (Å²) in [4.78, 5) is 35.8. The van der Waals surface area contributed by atoms with Crippen LogP contribution in [0.3, 0.4) is 0 Å². The molecule has 12 nitrogen and oxygen atoms in total. The zero-order valence-corrected chi connectivity index (χ0v) is 36.8. The molecule has 0 aromatic carbocycles. The van der Waals surface area contributed by atoms with Gasteiger partial charge in [-0.15, -0.1) is 0 Å². The van der Waals surface area contributed by atoms with Gasteiger partial charge in [0.2, 0.25) is 0 Å². The van der Waals surface area contributed by atoms with Crippen LogP contribution >= 0.6 is 35.3 Å². The Hall–Kier alpha value is -0.609. The monoisotopic (exact) mass is 789 g/mol. The van der Waals surface area contributed by atoms with Crippen LogP contribution < -0.4 is 16.0 Å². The van der Waals surface area contributed by atoms with Crippen LogP contribution in [-0.4, -0.2) is 115 Å². The van der Waals surface area contributed by atoms with E-state index in [1.165, 1.54) is 0 Å². The van der Waals surface area contributed by atoms with Crippen molar-refractivity contribution in [2.45, 2.75) is 117 Å². The average molecular weight is 790 g/mol. The summed E-state index contributed by atoms with van der Waals surface area (Å²) in [6.45, 7) is 24.7. The molecule has 18 heteroatoms. The van der Waals surface area contributed by atoms with E-state index in [1.54, 1.807) is 35.3 Å². The molecule has 0 radical (unpaired) electrons. The van der Waals surface area contributed by atoms with E-state index in [-0.39, 0.29) is 0 Å². The molecule has 0 aromatic heterocycles. The lowest BCUT2D eigenvalue weighted by atomic mass is 10.2. The lowest BCUT2D eigenvalue weighted by Gasteiger charge is -2.50. The first-order valence-corrected chi connectivity index (χ1v) is 27.7. The van der Waals surface area contributed by atoms with Gasteiger partial charge in [-0.2, -0.15) is 35.3 Å². The van der Waals surface area contributed by atoms with E-state index in [0.717, 1.165) is 52.6 Å². The van der Waals surface area contributed by atoms with Gasteiger partial charge in [0.25, 0.3) is 0 Å². The first-order valence-electron chi connectivity index (χ1n) is 16.7. The minimum absolute atomic E-state index is 0.402. The van der Waals surface area contributed by atoms with Crippen LogP contribution in [0.15, 0.2) is 0 Å². The minimum Gasteiger partial charge on any atom is -0.444 e. The third kappa shape index (κ3) is 23.0. The standard InChI is InChI=1S/C30H63N3O9S3Si3/c1-28(2,3)37-25(34)31-13-16-43-19-22-46(10)40-47(11,23-20-44-17-14-32-26(35)38-29(4,5)6)42-48(12,41-46)24-21-45-18-15-33-27(36)39-30(7,8)9/h13-24H2,1-12H3,(H,31,34)(H,32,35)(H,33,36). The number of carbonyl (C=O) groups excluding carboxylic acids is 3. The van der Waals surface area contributed by atoms with E-state index in [1.807, 2.05) is 62.3 Å². The summed E-state index contributed by atoms with van der Waals surface area (Å²) in [5.74, 6) is 4.90. The summed E-state index contributed by atoms with van der Waals surface area (Å²) < 4.78 is 36.5. The molecule has 1 aliphatic rings. The van der Waals surface area contributed by atoms with Crippen LogP contribution in [0.4, 0.5) is 14.4 Å². The Morgan fingerprint density at radius 2 is 0.708 bits per heavy atom. The Kier molecular flexibility index (Phi) is 19.3. The first kappa shape index (κ1) is 45.4. The summed E-state index contributed by atoms with van der Waals surface area (Å²) in [6.07, 6.45) is -1.21. The zero-order valence-electron chi connectivity index (χ0n) is 31.4. The van der Waals surface area contributed by atoms with Gasteiger partial charge in [0, 0.05) is 36.9 Å². The summed E-state index contributed by atoms with van der Waals surface area (Å²) in [5, 5.41) is 8.45. The quantitative estimate of drug-likeness (QED) is 0.0745. The fourth-order valence-corrected chi connectivity index (χ4v) is 27.0. The SMILES string of the molecule is CC(C)(C)OC(=O)NCCSCC[Si]1(C)O[Si](C)(CCSCCNC(=O)OC(C)(C)C)O[Si](C)(CCSCCNC(=O)OC(C)(C)C)O1. The molecule has 3 amide bonds. The van der Waals surface area contributed by atoms with Crippen molar-refractivity contribution in [2.75, 3.05) is 54.2 Å².